The molecule has 0 fully saturated rings. The van der Waals surface area contributed by atoms with Crippen LogP contribution in [-0.2, 0) is 4.84 Å². The molecule has 4 nitrogen and oxygen atoms in total. The summed E-state index contributed by atoms with van der Waals surface area (Å²) < 4.78 is 0. The van der Waals surface area contributed by atoms with E-state index in [1.54, 1.807) is 13.1 Å². The molecule has 0 aliphatic rings. The van der Waals surface area contributed by atoms with Crippen LogP contribution in [0.5, 0.6) is 0 Å². The largest absolute Gasteiger partial charge is 0.398 e. The fourth-order valence-corrected chi connectivity index (χ4v) is 1.35. The Kier molecular flexibility index (Phi) is 3.31. The lowest BCUT2D eigenvalue weighted by Gasteiger charge is -2.16. The van der Waals surface area contributed by atoms with Crippen molar-refractivity contribution in [2.24, 2.45) is 0 Å². The molecule has 0 spiro atoms. The molecule has 0 aliphatic heterocycles. The van der Waals surface area contributed by atoms with E-state index in [0.717, 1.165) is 11.1 Å². The SMILES string of the molecule is CON(C)C(=O)c1cc(N)c(C)cc1C. The van der Waals surface area contributed by atoms with Gasteiger partial charge in [0.05, 0.1) is 7.11 Å². The fraction of sp³-hybridized carbons (Fsp3) is 0.364. The monoisotopic (exact) mass is 208 g/mol. The summed E-state index contributed by atoms with van der Waals surface area (Å²) in [5.41, 5.74) is 8.82. The summed E-state index contributed by atoms with van der Waals surface area (Å²) in [5, 5.41) is 1.18. The van der Waals surface area contributed by atoms with Gasteiger partial charge in [0, 0.05) is 18.3 Å². The van der Waals surface area contributed by atoms with E-state index in [1.807, 2.05) is 19.9 Å². The van der Waals surface area contributed by atoms with E-state index < -0.39 is 0 Å². The van der Waals surface area contributed by atoms with Crippen LogP contribution < -0.4 is 5.73 Å². The topological polar surface area (TPSA) is 55.6 Å². The Bertz CT molecular complexity index is 388. The number of carbonyl (C=O) groups is 1. The van der Waals surface area contributed by atoms with Crippen molar-refractivity contribution < 1.29 is 9.63 Å². The predicted molar refractivity (Wildman–Crippen MR) is 59.4 cm³/mol. The molecule has 0 atom stereocenters. The average molecular weight is 208 g/mol. The van der Waals surface area contributed by atoms with Gasteiger partial charge in [0.1, 0.15) is 0 Å². The van der Waals surface area contributed by atoms with Crippen LogP contribution in [-0.4, -0.2) is 25.1 Å². The van der Waals surface area contributed by atoms with Gasteiger partial charge in [-0.2, -0.15) is 0 Å². The Morgan fingerprint density at radius 1 is 1.33 bits per heavy atom. The van der Waals surface area contributed by atoms with Gasteiger partial charge in [-0.1, -0.05) is 6.07 Å². The van der Waals surface area contributed by atoms with Crippen molar-refractivity contribution in [1.82, 2.24) is 5.06 Å². The molecule has 0 saturated heterocycles. The second kappa shape index (κ2) is 4.31. The number of benzene rings is 1. The molecule has 82 valence electrons. The zero-order chi connectivity index (χ0) is 11.6. The number of anilines is 1. The molecule has 0 aliphatic carbocycles. The highest BCUT2D eigenvalue weighted by atomic mass is 16.7. The van der Waals surface area contributed by atoms with E-state index in [1.165, 1.54) is 12.2 Å². The van der Waals surface area contributed by atoms with Crippen molar-refractivity contribution in [2.75, 3.05) is 19.9 Å². The maximum atomic E-state index is 11.8. The number of aryl methyl sites for hydroxylation is 2. The van der Waals surface area contributed by atoms with Gasteiger partial charge in [0.15, 0.2) is 0 Å². The molecule has 1 rings (SSSR count). The molecule has 0 saturated carbocycles. The Hall–Kier alpha value is -1.55. The third kappa shape index (κ3) is 2.27. The van der Waals surface area contributed by atoms with Gasteiger partial charge in [-0.25, -0.2) is 5.06 Å². The Morgan fingerprint density at radius 3 is 2.47 bits per heavy atom. The van der Waals surface area contributed by atoms with E-state index in [9.17, 15) is 4.79 Å². The van der Waals surface area contributed by atoms with Gasteiger partial charge in [-0.05, 0) is 31.0 Å². The molecule has 0 heterocycles. The number of carbonyl (C=O) groups excluding carboxylic acids is 1. The number of hydroxylamine groups is 2. The van der Waals surface area contributed by atoms with Crippen molar-refractivity contribution in [3.63, 3.8) is 0 Å². The lowest BCUT2D eigenvalue weighted by molar-refractivity contribution is -0.0757. The lowest BCUT2D eigenvalue weighted by Crippen LogP contribution is -2.26. The first-order valence-electron chi connectivity index (χ1n) is 4.66. The van der Waals surface area contributed by atoms with Crippen molar-refractivity contribution in [1.29, 1.82) is 0 Å². The first-order chi connectivity index (χ1) is 6.97. The van der Waals surface area contributed by atoms with Crippen molar-refractivity contribution in [3.05, 3.63) is 28.8 Å². The highest BCUT2D eigenvalue weighted by molar-refractivity contribution is 5.95. The Morgan fingerprint density at radius 2 is 1.93 bits per heavy atom. The zero-order valence-corrected chi connectivity index (χ0v) is 9.50. The van der Waals surface area contributed by atoms with Gasteiger partial charge in [0.25, 0.3) is 5.91 Å². The highest BCUT2D eigenvalue weighted by Crippen LogP contribution is 2.18. The average Bonchev–Trinajstić information content (AvgIpc) is 2.21. The second-order valence-corrected chi connectivity index (χ2v) is 3.51. The molecule has 15 heavy (non-hydrogen) atoms. The van der Waals surface area contributed by atoms with E-state index in [0.29, 0.717) is 11.3 Å². The molecule has 0 unspecified atom stereocenters. The van der Waals surface area contributed by atoms with Crippen LogP contribution in [0.1, 0.15) is 21.5 Å². The normalized spacial score (nSPS) is 10.1. The minimum Gasteiger partial charge on any atom is -0.398 e. The van der Waals surface area contributed by atoms with Crippen LogP contribution in [0.4, 0.5) is 5.69 Å². The molecule has 1 aromatic rings. The summed E-state index contributed by atoms with van der Waals surface area (Å²) in [6.07, 6.45) is 0. The van der Waals surface area contributed by atoms with E-state index >= 15 is 0 Å². The molecule has 4 heteroatoms. The predicted octanol–water partition coefficient (Wildman–Crippen LogP) is 1.52. The van der Waals surface area contributed by atoms with Gasteiger partial charge >= 0.3 is 0 Å². The van der Waals surface area contributed by atoms with Gasteiger partial charge in [0.2, 0.25) is 0 Å². The van der Waals surface area contributed by atoms with Crippen molar-refractivity contribution >= 4 is 11.6 Å². The smallest absolute Gasteiger partial charge is 0.277 e. The summed E-state index contributed by atoms with van der Waals surface area (Å²) in [4.78, 5) is 16.6. The van der Waals surface area contributed by atoms with E-state index in [2.05, 4.69) is 0 Å². The number of nitrogens with two attached hydrogens (primary N) is 1. The number of amides is 1. The maximum Gasteiger partial charge on any atom is 0.277 e. The van der Waals surface area contributed by atoms with Crippen LogP contribution in [0.2, 0.25) is 0 Å². The third-order valence-electron chi connectivity index (χ3n) is 2.40. The standard InChI is InChI=1S/C11H16N2O2/c1-7-5-8(2)10(12)6-9(7)11(14)13(3)15-4/h5-6H,12H2,1-4H3. The van der Waals surface area contributed by atoms with Crippen LogP contribution >= 0.6 is 0 Å². The molecule has 2 N–H and O–H groups in total. The van der Waals surface area contributed by atoms with Gasteiger partial charge < -0.3 is 5.73 Å². The van der Waals surface area contributed by atoms with Crippen LogP contribution in [0, 0.1) is 13.8 Å². The molecule has 0 radical (unpaired) electrons. The van der Waals surface area contributed by atoms with Crippen LogP contribution in [0.15, 0.2) is 12.1 Å². The van der Waals surface area contributed by atoms with Crippen molar-refractivity contribution in [3.8, 4) is 0 Å². The van der Waals surface area contributed by atoms with Crippen LogP contribution in [0.3, 0.4) is 0 Å². The first-order valence-corrected chi connectivity index (χ1v) is 4.66. The van der Waals surface area contributed by atoms with Gasteiger partial charge in [-0.15, -0.1) is 0 Å². The number of rotatable bonds is 2. The molecule has 0 aromatic heterocycles. The Labute approximate surface area is 89.6 Å². The molecule has 0 bridgehead atoms. The third-order valence-corrected chi connectivity index (χ3v) is 2.40. The van der Waals surface area contributed by atoms with E-state index in [4.69, 9.17) is 10.6 Å². The highest BCUT2D eigenvalue weighted by Gasteiger charge is 2.14. The zero-order valence-electron chi connectivity index (χ0n) is 9.50. The van der Waals surface area contributed by atoms with E-state index in [-0.39, 0.29) is 5.91 Å². The summed E-state index contributed by atoms with van der Waals surface area (Å²) >= 11 is 0. The number of nitrogens with zero attached hydrogens (tertiary/aromatic N) is 1. The molecule has 1 aromatic carbocycles. The number of nitrogen functional groups attached to an aromatic ring is 1. The minimum atomic E-state index is -0.193. The number of hydrogen-bond donors (Lipinski definition) is 1. The molecule has 1 amide bonds. The Balaban J connectivity index is 3.15. The van der Waals surface area contributed by atoms with Crippen molar-refractivity contribution in [2.45, 2.75) is 13.8 Å². The second-order valence-electron chi connectivity index (χ2n) is 3.51. The first kappa shape index (κ1) is 11.5. The quantitative estimate of drug-likeness (QED) is 0.592. The summed E-state index contributed by atoms with van der Waals surface area (Å²) in [6.45, 7) is 3.79. The lowest BCUT2D eigenvalue weighted by atomic mass is 10.0. The molecular weight excluding hydrogens is 192 g/mol. The van der Waals surface area contributed by atoms with Crippen LogP contribution in [0.25, 0.3) is 0 Å². The summed E-state index contributed by atoms with van der Waals surface area (Å²) in [5.74, 6) is -0.193. The maximum absolute atomic E-state index is 11.8. The number of hydrogen-bond acceptors (Lipinski definition) is 3. The summed E-state index contributed by atoms with van der Waals surface area (Å²) in [6, 6.07) is 3.58. The minimum absolute atomic E-state index is 0.193. The fourth-order valence-electron chi connectivity index (χ4n) is 1.35. The summed E-state index contributed by atoms with van der Waals surface area (Å²) in [7, 11) is 3.02. The molecular formula is C11H16N2O2. The van der Waals surface area contributed by atoms with Gasteiger partial charge in [-0.3, -0.25) is 9.63 Å².